The van der Waals surface area contributed by atoms with Crippen LogP contribution in [0.3, 0.4) is 0 Å². The van der Waals surface area contributed by atoms with Crippen molar-refractivity contribution >= 4 is 0 Å². The number of furan rings is 1. The molecule has 20 heavy (non-hydrogen) atoms. The third-order valence-electron chi connectivity index (χ3n) is 3.75. The molecule has 0 aliphatic heterocycles. The maximum Gasteiger partial charge on any atom is 0.125 e. The summed E-state index contributed by atoms with van der Waals surface area (Å²) in [5, 5.41) is 3.56. The van der Waals surface area contributed by atoms with Crippen molar-refractivity contribution in [1.29, 1.82) is 0 Å². The van der Waals surface area contributed by atoms with Crippen LogP contribution in [0.25, 0.3) is 0 Å². The van der Waals surface area contributed by atoms with Gasteiger partial charge in [0.1, 0.15) is 11.5 Å². The molecule has 0 aliphatic rings. The molecule has 0 aliphatic carbocycles. The van der Waals surface area contributed by atoms with E-state index in [1.54, 1.807) is 0 Å². The van der Waals surface area contributed by atoms with Gasteiger partial charge in [-0.25, -0.2) is 0 Å². The summed E-state index contributed by atoms with van der Waals surface area (Å²) in [6, 6.07) is 8.82. The van der Waals surface area contributed by atoms with Crippen LogP contribution in [-0.4, -0.2) is 6.54 Å². The highest BCUT2D eigenvalue weighted by Gasteiger charge is 2.20. The summed E-state index contributed by atoms with van der Waals surface area (Å²) < 4.78 is 5.98. The molecule has 0 radical (unpaired) electrons. The molecule has 1 aromatic heterocycles. The fourth-order valence-electron chi connectivity index (χ4n) is 2.94. The normalized spacial score (nSPS) is 12.7. The second kappa shape index (κ2) is 6.27. The monoisotopic (exact) mass is 271 g/mol. The SMILES string of the molecule is CCNC(c1ccc(CC)o1)c1c(C)cc(C)cc1C. The van der Waals surface area contributed by atoms with E-state index in [0.29, 0.717) is 0 Å². The molecule has 0 bridgehead atoms. The molecule has 0 saturated heterocycles. The van der Waals surface area contributed by atoms with Crippen LogP contribution in [0.2, 0.25) is 0 Å². The van der Waals surface area contributed by atoms with Gasteiger partial charge in [0.2, 0.25) is 0 Å². The lowest BCUT2D eigenvalue weighted by molar-refractivity contribution is 0.424. The summed E-state index contributed by atoms with van der Waals surface area (Å²) in [6.07, 6.45) is 0.935. The topological polar surface area (TPSA) is 25.2 Å². The Hall–Kier alpha value is -1.54. The Bertz CT molecular complexity index is 560. The van der Waals surface area contributed by atoms with Gasteiger partial charge in [-0.05, 0) is 56.1 Å². The van der Waals surface area contributed by atoms with Gasteiger partial charge in [-0.15, -0.1) is 0 Å². The number of nitrogens with one attached hydrogen (secondary N) is 1. The van der Waals surface area contributed by atoms with Gasteiger partial charge in [-0.1, -0.05) is 31.5 Å². The third kappa shape index (κ3) is 2.96. The Morgan fingerprint density at radius 2 is 1.70 bits per heavy atom. The van der Waals surface area contributed by atoms with Crippen molar-refractivity contribution in [2.75, 3.05) is 6.54 Å². The molecular formula is C18H25NO. The third-order valence-corrected chi connectivity index (χ3v) is 3.75. The minimum atomic E-state index is 0.140. The molecule has 2 nitrogen and oxygen atoms in total. The van der Waals surface area contributed by atoms with Crippen LogP contribution in [0.15, 0.2) is 28.7 Å². The number of hydrogen-bond acceptors (Lipinski definition) is 2. The lowest BCUT2D eigenvalue weighted by atomic mass is 9.92. The van der Waals surface area contributed by atoms with Crippen LogP contribution in [-0.2, 0) is 6.42 Å². The molecule has 1 unspecified atom stereocenters. The van der Waals surface area contributed by atoms with Gasteiger partial charge in [0, 0.05) is 6.42 Å². The van der Waals surface area contributed by atoms with Crippen molar-refractivity contribution < 1.29 is 4.42 Å². The molecule has 2 rings (SSSR count). The van der Waals surface area contributed by atoms with Gasteiger partial charge in [0.25, 0.3) is 0 Å². The van der Waals surface area contributed by atoms with E-state index in [-0.39, 0.29) is 6.04 Å². The Balaban J connectivity index is 2.48. The largest absolute Gasteiger partial charge is 0.464 e. The smallest absolute Gasteiger partial charge is 0.125 e. The molecule has 2 aromatic rings. The van der Waals surface area contributed by atoms with E-state index in [2.05, 4.69) is 64.2 Å². The Labute approximate surface area is 122 Å². The first-order chi connectivity index (χ1) is 9.56. The Morgan fingerprint density at radius 1 is 1.05 bits per heavy atom. The van der Waals surface area contributed by atoms with Crippen LogP contribution >= 0.6 is 0 Å². The van der Waals surface area contributed by atoms with E-state index in [9.17, 15) is 0 Å². The first kappa shape index (κ1) is 14.9. The quantitative estimate of drug-likeness (QED) is 0.868. The molecule has 0 fully saturated rings. The summed E-state index contributed by atoms with van der Waals surface area (Å²) in [7, 11) is 0. The van der Waals surface area contributed by atoms with E-state index in [0.717, 1.165) is 24.5 Å². The fraction of sp³-hybridized carbons (Fsp3) is 0.444. The molecular weight excluding hydrogens is 246 g/mol. The van der Waals surface area contributed by atoms with Crippen LogP contribution < -0.4 is 5.32 Å². The predicted molar refractivity (Wildman–Crippen MR) is 84.3 cm³/mol. The van der Waals surface area contributed by atoms with Crippen molar-refractivity contribution in [1.82, 2.24) is 5.32 Å². The predicted octanol–water partition coefficient (Wildman–Crippen LogP) is 4.47. The average Bonchev–Trinajstić information content (AvgIpc) is 2.85. The van der Waals surface area contributed by atoms with Gasteiger partial charge in [-0.2, -0.15) is 0 Å². The van der Waals surface area contributed by atoms with E-state index < -0.39 is 0 Å². The summed E-state index contributed by atoms with van der Waals surface area (Å²) >= 11 is 0. The number of aryl methyl sites for hydroxylation is 4. The fourth-order valence-corrected chi connectivity index (χ4v) is 2.94. The van der Waals surface area contributed by atoms with Gasteiger partial charge in [0.05, 0.1) is 6.04 Å². The molecule has 0 spiro atoms. The Morgan fingerprint density at radius 3 is 2.20 bits per heavy atom. The second-order valence-electron chi connectivity index (χ2n) is 5.46. The standard InChI is InChI=1S/C18H25NO/c1-6-15-8-9-16(20-15)18(19-7-2)17-13(4)10-12(3)11-14(17)5/h8-11,18-19H,6-7H2,1-5H3. The zero-order chi connectivity index (χ0) is 14.7. The number of benzene rings is 1. The lowest BCUT2D eigenvalue weighted by Crippen LogP contribution is -2.23. The highest BCUT2D eigenvalue weighted by Crippen LogP contribution is 2.30. The zero-order valence-electron chi connectivity index (χ0n) is 13.2. The zero-order valence-corrected chi connectivity index (χ0v) is 13.2. The maximum absolute atomic E-state index is 5.98. The van der Waals surface area contributed by atoms with Crippen molar-refractivity contribution in [2.24, 2.45) is 0 Å². The van der Waals surface area contributed by atoms with Gasteiger partial charge >= 0.3 is 0 Å². The van der Waals surface area contributed by atoms with E-state index in [4.69, 9.17) is 4.42 Å². The molecule has 1 N–H and O–H groups in total. The molecule has 0 saturated carbocycles. The van der Waals surface area contributed by atoms with Crippen molar-refractivity contribution in [3.05, 3.63) is 58.0 Å². The maximum atomic E-state index is 5.98. The average molecular weight is 271 g/mol. The molecule has 1 atom stereocenters. The first-order valence-electron chi connectivity index (χ1n) is 7.46. The summed E-state index contributed by atoms with van der Waals surface area (Å²) in [5.41, 5.74) is 5.30. The van der Waals surface area contributed by atoms with Crippen LogP contribution in [0.5, 0.6) is 0 Å². The molecule has 0 amide bonds. The number of rotatable bonds is 5. The van der Waals surface area contributed by atoms with Crippen LogP contribution in [0.1, 0.15) is 53.7 Å². The minimum absolute atomic E-state index is 0.140. The summed E-state index contributed by atoms with van der Waals surface area (Å²) in [4.78, 5) is 0. The van der Waals surface area contributed by atoms with Gasteiger partial charge in [0.15, 0.2) is 0 Å². The highest BCUT2D eigenvalue weighted by molar-refractivity contribution is 5.42. The Kier molecular flexibility index (Phi) is 4.66. The summed E-state index contributed by atoms with van der Waals surface area (Å²) in [6.45, 7) is 11.7. The van der Waals surface area contributed by atoms with Crippen LogP contribution in [0.4, 0.5) is 0 Å². The summed E-state index contributed by atoms with van der Waals surface area (Å²) in [5.74, 6) is 2.06. The van der Waals surface area contributed by atoms with Crippen molar-refractivity contribution in [3.8, 4) is 0 Å². The second-order valence-corrected chi connectivity index (χ2v) is 5.46. The van der Waals surface area contributed by atoms with E-state index in [1.165, 1.54) is 22.3 Å². The number of hydrogen-bond donors (Lipinski definition) is 1. The molecule has 1 aromatic carbocycles. The molecule has 1 heterocycles. The van der Waals surface area contributed by atoms with Crippen molar-refractivity contribution in [2.45, 2.75) is 47.1 Å². The van der Waals surface area contributed by atoms with Crippen molar-refractivity contribution in [3.63, 3.8) is 0 Å². The minimum Gasteiger partial charge on any atom is -0.464 e. The van der Waals surface area contributed by atoms with E-state index >= 15 is 0 Å². The molecule has 108 valence electrons. The van der Waals surface area contributed by atoms with Gasteiger partial charge < -0.3 is 9.73 Å². The molecule has 2 heteroatoms. The van der Waals surface area contributed by atoms with Gasteiger partial charge in [-0.3, -0.25) is 0 Å². The highest BCUT2D eigenvalue weighted by atomic mass is 16.3. The van der Waals surface area contributed by atoms with E-state index in [1.807, 2.05) is 0 Å². The lowest BCUT2D eigenvalue weighted by Gasteiger charge is -2.21. The van der Waals surface area contributed by atoms with Crippen LogP contribution in [0, 0.1) is 20.8 Å². The first-order valence-corrected chi connectivity index (χ1v) is 7.46.